The number of carboxylic acid groups (broad SMARTS) is 2. The molecule has 6 nitrogen and oxygen atoms in total. The number of aliphatic carboxylic acids is 2. The van der Waals surface area contributed by atoms with Gasteiger partial charge in [0.15, 0.2) is 0 Å². The molecule has 0 atom stereocenters. The summed E-state index contributed by atoms with van der Waals surface area (Å²) in [4.78, 5) is 19.1. The van der Waals surface area contributed by atoms with Gasteiger partial charge in [-0.05, 0) is 23.6 Å². The molecular weight excluding hydrogens is 296 g/mol. The smallest absolute Gasteiger partial charge is 0.328 e. The Bertz CT molecular complexity index is 648. The fraction of sp³-hybridized carbons (Fsp3) is 0.143. The molecule has 0 aliphatic carbocycles. The Balaban J connectivity index is 0.000000240. The van der Waals surface area contributed by atoms with E-state index in [-0.39, 0.29) is 0 Å². The Labute approximate surface area is 126 Å². The number of halogens is 1. The first-order valence-electron chi connectivity index (χ1n) is 6.02. The molecule has 0 unspecified atom stereocenters. The molecule has 0 spiro atoms. The van der Waals surface area contributed by atoms with E-state index in [4.69, 9.17) is 27.5 Å². The number of nitrogens with zero attached hydrogens (tertiary/aromatic N) is 1. The summed E-state index contributed by atoms with van der Waals surface area (Å²) in [6.07, 6.45) is 3.15. The van der Waals surface area contributed by atoms with Gasteiger partial charge in [-0.3, -0.25) is 0 Å². The zero-order chi connectivity index (χ0) is 15.8. The maximum atomic E-state index is 9.55. The molecule has 2 rings (SSSR count). The van der Waals surface area contributed by atoms with E-state index in [2.05, 4.69) is 10.6 Å². The largest absolute Gasteiger partial charge is 0.478 e. The first-order valence-corrected chi connectivity index (χ1v) is 6.40. The minimum atomic E-state index is -1.26. The highest BCUT2D eigenvalue weighted by Crippen LogP contribution is 2.20. The van der Waals surface area contributed by atoms with E-state index in [0.29, 0.717) is 18.7 Å². The van der Waals surface area contributed by atoms with Gasteiger partial charge in [-0.15, -0.1) is 0 Å². The first kappa shape index (κ1) is 16.7. The first-order chi connectivity index (χ1) is 9.93. The monoisotopic (exact) mass is 310 g/mol. The minimum absolute atomic E-state index is 0.558. The quantitative estimate of drug-likeness (QED) is 0.749. The third kappa shape index (κ3) is 5.68. The van der Waals surface area contributed by atoms with E-state index >= 15 is 0 Å². The highest BCUT2D eigenvalue weighted by molar-refractivity contribution is 6.31. The average Bonchev–Trinajstić information content (AvgIpc) is 2.80. The maximum Gasteiger partial charge on any atom is 0.328 e. The lowest BCUT2D eigenvalue weighted by Crippen LogP contribution is -2.08. The summed E-state index contributed by atoms with van der Waals surface area (Å²) < 4.78 is 2.11. The van der Waals surface area contributed by atoms with Crippen LogP contribution in [0.1, 0.15) is 0 Å². The molecule has 0 amide bonds. The van der Waals surface area contributed by atoms with Gasteiger partial charge >= 0.3 is 11.9 Å². The number of carboxylic acids is 2. The molecule has 0 saturated carbocycles. The number of fused-ring (bicyclic) bond motifs is 1. The molecule has 7 heteroatoms. The fourth-order valence-corrected chi connectivity index (χ4v) is 1.80. The van der Waals surface area contributed by atoms with Crippen LogP contribution in [0.5, 0.6) is 0 Å². The van der Waals surface area contributed by atoms with E-state index in [0.717, 1.165) is 17.1 Å². The minimum Gasteiger partial charge on any atom is -0.478 e. The van der Waals surface area contributed by atoms with Crippen molar-refractivity contribution in [1.29, 1.82) is 0 Å². The molecule has 1 heterocycles. The predicted molar refractivity (Wildman–Crippen MR) is 80.4 cm³/mol. The Morgan fingerprint density at radius 1 is 1.19 bits per heavy atom. The summed E-state index contributed by atoms with van der Waals surface area (Å²) in [5.74, 6) is -2.51. The second-order valence-electron chi connectivity index (χ2n) is 4.01. The number of nitrogens with two attached hydrogens (primary N) is 1. The summed E-state index contributed by atoms with van der Waals surface area (Å²) in [6, 6.07) is 7.95. The molecule has 0 fully saturated rings. The van der Waals surface area contributed by atoms with Crippen molar-refractivity contribution in [2.75, 3.05) is 6.54 Å². The third-order valence-electron chi connectivity index (χ3n) is 2.47. The van der Waals surface area contributed by atoms with Gasteiger partial charge in [-0.2, -0.15) is 0 Å². The van der Waals surface area contributed by atoms with Crippen molar-refractivity contribution < 1.29 is 19.8 Å². The molecule has 0 radical (unpaired) electrons. The van der Waals surface area contributed by atoms with Crippen LogP contribution in [0.25, 0.3) is 10.9 Å². The molecule has 1 aromatic heterocycles. The summed E-state index contributed by atoms with van der Waals surface area (Å²) in [7, 11) is 0. The van der Waals surface area contributed by atoms with Crippen molar-refractivity contribution in [1.82, 2.24) is 4.57 Å². The van der Waals surface area contributed by atoms with Crippen LogP contribution in [0, 0.1) is 0 Å². The van der Waals surface area contributed by atoms with Crippen LogP contribution in [0.3, 0.4) is 0 Å². The molecule has 1 aromatic carbocycles. The van der Waals surface area contributed by atoms with E-state index in [1.54, 1.807) is 0 Å². The lowest BCUT2D eigenvalue weighted by Gasteiger charge is -2.02. The molecule has 21 heavy (non-hydrogen) atoms. The normalized spacial score (nSPS) is 10.4. The van der Waals surface area contributed by atoms with Crippen LogP contribution >= 0.6 is 11.6 Å². The van der Waals surface area contributed by atoms with E-state index in [9.17, 15) is 9.59 Å². The van der Waals surface area contributed by atoms with Crippen LogP contribution in [-0.4, -0.2) is 33.3 Å². The summed E-state index contributed by atoms with van der Waals surface area (Å²) >= 11 is 5.90. The van der Waals surface area contributed by atoms with Crippen LogP contribution < -0.4 is 5.73 Å². The Kier molecular flexibility index (Phi) is 6.45. The highest BCUT2D eigenvalue weighted by Gasteiger charge is 1.99. The Morgan fingerprint density at radius 2 is 1.81 bits per heavy atom. The summed E-state index contributed by atoms with van der Waals surface area (Å²) in [6.45, 7) is 1.49. The number of hydrogen-bond acceptors (Lipinski definition) is 3. The Morgan fingerprint density at radius 3 is 2.33 bits per heavy atom. The van der Waals surface area contributed by atoms with Gasteiger partial charge in [0.1, 0.15) is 0 Å². The zero-order valence-corrected chi connectivity index (χ0v) is 11.8. The van der Waals surface area contributed by atoms with Gasteiger partial charge in [0.2, 0.25) is 0 Å². The van der Waals surface area contributed by atoms with Gasteiger partial charge in [0.25, 0.3) is 0 Å². The van der Waals surface area contributed by atoms with Crippen LogP contribution in [0.15, 0.2) is 42.6 Å². The number of rotatable bonds is 4. The van der Waals surface area contributed by atoms with Gasteiger partial charge < -0.3 is 20.5 Å². The molecule has 4 N–H and O–H groups in total. The predicted octanol–water partition coefficient (Wildman–Crippen LogP) is 1.97. The summed E-state index contributed by atoms with van der Waals surface area (Å²) in [5, 5.41) is 17.6. The van der Waals surface area contributed by atoms with Crippen LogP contribution in [-0.2, 0) is 16.1 Å². The van der Waals surface area contributed by atoms with Crippen LogP contribution in [0.2, 0.25) is 5.02 Å². The topological polar surface area (TPSA) is 106 Å². The number of carbonyl (C=O) groups is 2. The van der Waals surface area contributed by atoms with Gasteiger partial charge in [0.05, 0.1) is 0 Å². The second-order valence-corrected chi connectivity index (χ2v) is 4.45. The molecule has 0 bridgehead atoms. The summed E-state index contributed by atoms with van der Waals surface area (Å²) in [5.41, 5.74) is 6.65. The SMILES string of the molecule is NCCn1ccc2ccc(Cl)cc21.O=C(O)/C=C/C(=O)O. The number of hydrogen-bond donors (Lipinski definition) is 3. The molecule has 0 aliphatic heterocycles. The Hall–Kier alpha value is -2.31. The van der Waals surface area contributed by atoms with Gasteiger partial charge in [0, 0.05) is 42.0 Å². The molecular formula is C14H15ClN2O4. The molecule has 0 aliphatic rings. The van der Waals surface area contributed by atoms with Gasteiger partial charge in [-0.1, -0.05) is 17.7 Å². The standard InChI is InChI=1S/C10H11ClN2.C4H4O4/c11-9-2-1-8-3-5-13(6-4-12)10(8)7-9;5-3(6)1-2-4(7)8/h1-3,5,7H,4,6,12H2;1-2H,(H,5,6)(H,7,8)/b;2-1+. The van der Waals surface area contributed by atoms with E-state index in [1.165, 1.54) is 5.39 Å². The number of aromatic nitrogens is 1. The second kappa shape index (κ2) is 8.08. The third-order valence-corrected chi connectivity index (χ3v) is 2.71. The average molecular weight is 311 g/mol. The lowest BCUT2D eigenvalue weighted by molar-refractivity contribution is -0.134. The molecule has 0 saturated heterocycles. The maximum absolute atomic E-state index is 9.55. The van der Waals surface area contributed by atoms with E-state index in [1.807, 2.05) is 24.4 Å². The zero-order valence-electron chi connectivity index (χ0n) is 11.1. The van der Waals surface area contributed by atoms with E-state index < -0.39 is 11.9 Å². The fourth-order valence-electron chi connectivity index (χ4n) is 1.63. The van der Waals surface area contributed by atoms with Crippen molar-refractivity contribution in [2.24, 2.45) is 5.73 Å². The molecule has 2 aromatic rings. The molecule has 112 valence electrons. The van der Waals surface area contributed by atoms with Crippen molar-refractivity contribution in [3.63, 3.8) is 0 Å². The lowest BCUT2D eigenvalue weighted by atomic mass is 10.2. The van der Waals surface area contributed by atoms with Gasteiger partial charge in [-0.25, -0.2) is 9.59 Å². The van der Waals surface area contributed by atoms with Crippen molar-refractivity contribution in [3.8, 4) is 0 Å². The van der Waals surface area contributed by atoms with Crippen LogP contribution in [0.4, 0.5) is 0 Å². The van der Waals surface area contributed by atoms with Crippen molar-refractivity contribution in [2.45, 2.75) is 6.54 Å². The van der Waals surface area contributed by atoms with Crippen molar-refractivity contribution in [3.05, 3.63) is 47.6 Å². The van der Waals surface area contributed by atoms with Crippen molar-refractivity contribution >= 4 is 34.4 Å². The highest BCUT2D eigenvalue weighted by atomic mass is 35.5. The number of benzene rings is 1.